The second-order valence-electron chi connectivity index (χ2n) is 20.2. The highest BCUT2D eigenvalue weighted by Crippen LogP contribution is 2.23. The van der Waals surface area contributed by atoms with Crippen molar-refractivity contribution in [1.82, 2.24) is 5.32 Å². The number of nitrogens with one attached hydrogen (secondary N) is 1. The van der Waals surface area contributed by atoms with E-state index in [1.165, 1.54) is 218 Å². The molecule has 0 spiro atoms. The number of ether oxygens (including phenoxy) is 2. The molecule has 0 aliphatic carbocycles. The van der Waals surface area contributed by atoms with Gasteiger partial charge in [-0.3, -0.25) is 4.79 Å². The predicted octanol–water partition coefficient (Wildman–Crippen LogP) is 12.4. The number of carbonyl (C=O) groups is 1. The van der Waals surface area contributed by atoms with Crippen LogP contribution in [0, 0.1) is 0 Å². The van der Waals surface area contributed by atoms with Gasteiger partial charge in [0.05, 0.1) is 25.4 Å². The van der Waals surface area contributed by atoms with E-state index in [9.17, 15) is 35.4 Å². The average Bonchev–Trinajstić information content (AvgIpc) is 3.31. The summed E-state index contributed by atoms with van der Waals surface area (Å²) in [6.07, 6.45) is 42.6. The van der Waals surface area contributed by atoms with Gasteiger partial charge < -0.3 is 45.4 Å². The molecule has 2 unspecified atom stereocenters. The van der Waals surface area contributed by atoms with Crippen LogP contribution >= 0.6 is 0 Å². The summed E-state index contributed by atoms with van der Waals surface area (Å²) < 4.78 is 11.2. The molecule has 1 aliphatic rings. The Bertz CT molecular complexity index is 1000. The molecule has 0 bridgehead atoms. The standard InChI is InChI=1S/C55H109NO9/c1-3-5-7-9-11-13-15-17-19-21-22-23-24-25-26-27-28-30-32-34-36-38-40-42-44-50(59)56-47(46-64-55-54(63)53(62)52(61)49(45-57)65-55)51(60)48(58)43-41-39-37-35-33-31-29-20-18-16-14-12-10-8-6-4-2/h47-49,51-55,57-58,60-63H,3-46H2,1-2H3,(H,56,59)/t47-,48+,49+,51-,52+,53?,54?,55+/m0/s1. The van der Waals surface area contributed by atoms with E-state index in [0.717, 1.165) is 38.5 Å². The van der Waals surface area contributed by atoms with Crippen LogP contribution in [-0.2, 0) is 14.3 Å². The van der Waals surface area contributed by atoms with Gasteiger partial charge in [-0.05, 0) is 12.8 Å². The van der Waals surface area contributed by atoms with Crippen LogP contribution in [0.25, 0.3) is 0 Å². The lowest BCUT2D eigenvalue weighted by atomic mass is 9.98. The summed E-state index contributed by atoms with van der Waals surface area (Å²) in [5, 5.41) is 65.5. The third kappa shape index (κ3) is 35.0. The minimum absolute atomic E-state index is 0.250. The molecule has 1 heterocycles. The van der Waals surface area contributed by atoms with Crippen LogP contribution in [0.3, 0.4) is 0 Å². The smallest absolute Gasteiger partial charge is 0.220 e. The number of carbonyl (C=O) groups excluding carboxylic acids is 1. The van der Waals surface area contributed by atoms with E-state index in [1.54, 1.807) is 0 Å². The van der Waals surface area contributed by atoms with E-state index in [4.69, 9.17) is 9.47 Å². The molecule has 1 saturated heterocycles. The van der Waals surface area contributed by atoms with Crippen LogP contribution in [-0.4, -0.2) is 98.7 Å². The zero-order chi connectivity index (χ0) is 47.4. The topological polar surface area (TPSA) is 169 Å². The molecule has 1 aliphatic heterocycles. The van der Waals surface area contributed by atoms with Gasteiger partial charge in [0.2, 0.25) is 5.91 Å². The van der Waals surface area contributed by atoms with Gasteiger partial charge in [0.1, 0.15) is 30.5 Å². The minimum atomic E-state index is -1.60. The van der Waals surface area contributed by atoms with Crippen molar-refractivity contribution in [3.8, 4) is 0 Å². The van der Waals surface area contributed by atoms with Crippen molar-refractivity contribution in [1.29, 1.82) is 0 Å². The van der Waals surface area contributed by atoms with E-state index in [2.05, 4.69) is 19.2 Å². The van der Waals surface area contributed by atoms with Crippen molar-refractivity contribution in [2.24, 2.45) is 0 Å². The zero-order valence-electron chi connectivity index (χ0n) is 42.6. The normalized spacial score (nSPS) is 20.3. The molecular weight excluding hydrogens is 819 g/mol. The van der Waals surface area contributed by atoms with Crippen molar-refractivity contribution < 1.29 is 44.9 Å². The lowest BCUT2D eigenvalue weighted by molar-refractivity contribution is -0.303. The molecule has 10 heteroatoms. The highest BCUT2D eigenvalue weighted by molar-refractivity contribution is 5.76. The van der Waals surface area contributed by atoms with Crippen molar-refractivity contribution >= 4 is 5.91 Å². The summed E-state index contributed by atoms with van der Waals surface area (Å²) in [7, 11) is 0. The van der Waals surface area contributed by atoms with Gasteiger partial charge in [0.25, 0.3) is 0 Å². The quantitative estimate of drug-likeness (QED) is 0.0294. The first-order valence-corrected chi connectivity index (χ1v) is 28.3. The third-order valence-electron chi connectivity index (χ3n) is 14.1. The van der Waals surface area contributed by atoms with Crippen LogP contribution in [0.1, 0.15) is 284 Å². The largest absolute Gasteiger partial charge is 0.394 e. The van der Waals surface area contributed by atoms with Gasteiger partial charge in [0.15, 0.2) is 6.29 Å². The lowest BCUT2D eigenvalue weighted by Crippen LogP contribution is -2.60. The van der Waals surface area contributed by atoms with E-state index in [-0.39, 0.29) is 18.9 Å². The number of hydrogen-bond donors (Lipinski definition) is 7. The molecule has 0 aromatic carbocycles. The van der Waals surface area contributed by atoms with Gasteiger partial charge in [-0.2, -0.15) is 0 Å². The van der Waals surface area contributed by atoms with E-state index in [0.29, 0.717) is 6.42 Å². The minimum Gasteiger partial charge on any atom is -0.394 e. The molecule has 10 nitrogen and oxygen atoms in total. The first-order valence-electron chi connectivity index (χ1n) is 28.3. The van der Waals surface area contributed by atoms with Crippen LogP contribution in [0.2, 0.25) is 0 Å². The van der Waals surface area contributed by atoms with Crippen molar-refractivity contribution in [2.75, 3.05) is 13.2 Å². The monoisotopic (exact) mass is 928 g/mol. The Morgan fingerprint density at radius 2 is 0.800 bits per heavy atom. The Hall–Kier alpha value is -0.850. The Labute approximate surface area is 400 Å². The molecule has 1 amide bonds. The zero-order valence-corrected chi connectivity index (χ0v) is 42.6. The number of rotatable bonds is 49. The molecule has 0 radical (unpaired) electrons. The van der Waals surface area contributed by atoms with Crippen molar-refractivity contribution in [3.05, 3.63) is 0 Å². The van der Waals surface area contributed by atoms with Gasteiger partial charge in [-0.25, -0.2) is 0 Å². The molecule has 0 aromatic rings. The van der Waals surface area contributed by atoms with Gasteiger partial charge in [-0.1, -0.05) is 264 Å². The van der Waals surface area contributed by atoms with E-state index in [1.807, 2.05) is 0 Å². The van der Waals surface area contributed by atoms with E-state index < -0.39 is 55.6 Å². The SMILES string of the molecule is CCCCCCCCCCCCCCCCCCCCCCCCCCC(=O)N[C@@H](CO[C@@H]1O[C@H](CO)[C@@H](O)C(O)C1O)[C@H](O)[C@H](O)CCCCCCCCCCCCCCCCCC. The van der Waals surface area contributed by atoms with Gasteiger partial charge in [-0.15, -0.1) is 0 Å². The summed E-state index contributed by atoms with van der Waals surface area (Å²) in [5.41, 5.74) is 0. The van der Waals surface area contributed by atoms with Crippen molar-refractivity contribution in [2.45, 2.75) is 332 Å². The number of aliphatic hydroxyl groups is 6. The molecule has 7 N–H and O–H groups in total. The number of unbranched alkanes of at least 4 members (excludes halogenated alkanes) is 38. The highest BCUT2D eigenvalue weighted by Gasteiger charge is 2.44. The van der Waals surface area contributed by atoms with Gasteiger partial charge >= 0.3 is 0 Å². The molecule has 8 atom stereocenters. The first-order chi connectivity index (χ1) is 31.8. The van der Waals surface area contributed by atoms with Crippen molar-refractivity contribution in [3.63, 3.8) is 0 Å². The third-order valence-corrected chi connectivity index (χ3v) is 14.1. The Morgan fingerprint density at radius 1 is 0.477 bits per heavy atom. The first kappa shape index (κ1) is 62.2. The predicted molar refractivity (Wildman–Crippen MR) is 269 cm³/mol. The Balaban J connectivity index is 2.24. The van der Waals surface area contributed by atoms with Gasteiger partial charge in [0, 0.05) is 6.42 Å². The van der Waals surface area contributed by atoms with Crippen LogP contribution in [0.5, 0.6) is 0 Å². The molecular formula is C55H109NO9. The maximum atomic E-state index is 13.1. The molecule has 1 fully saturated rings. The summed E-state index contributed by atoms with van der Waals surface area (Å²) >= 11 is 0. The Morgan fingerprint density at radius 3 is 1.14 bits per heavy atom. The summed E-state index contributed by atoms with van der Waals surface area (Å²) in [5.74, 6) is -0.250. The summed E-state index contributed by atoms with van der Waals surface area (Å²) in [6, 6.07) is -0.986. The number of hydrogen-bond acceptors (Lipinski definition) is 9. The van der Waals surface area contributed by atoms with E-state index >= 15 is 0 Å². The average molecular weight is 928 g/mol. The second-order valence-corrected chi connectivity index (χ2v) is 20.2. The fourth-order valence-corrected chi connectivity index (χ4v) is 9.50. The van der Waals surface area contributed by atoms with Crippen LogP contribution < -0.4 is 5.32 Å². The number of amides is 1. The molecule has 65 heavy (non-hydrogen) atoms. The Kier molecular flexibility index (Phi) is 43.6. The lowest BCUT2D eigenvalue weighted by Gasteiger charge is -2.40. The molecule has 388 valence electrons. The maximum Gasteiger partial charge on any atom is 0.220 e. The second kappa shape index (κ2) is 45.6. The van der Waals surface area contributed by atoms with Crippen LogP contribution in [0.15, 0.2) is 0 Å². The fraction of sp³-hybridized carbons (Fsp3) is 0.982. The molecule has 0 saturated carbocycles. The number of aliphatic hydroxyl groups excluding tert-OH is 6. The maximum absolute atomic E-state index is 13.1. The molecule has 0 aromatic heterocycles. The van der Waals surface area contributed by atoms with Crippen LogP contribution in [0.4, 0.5) is 0 Å². The molecule has 1 rings (SSSR count). The fourth-order valence-electron chi connectivity index (χ4n) is 9.50. The summed E-state index contributed by atoms with van der Waals surface area (Å²) in [6.45, 7) is 3.66. The highest BCUT2D eigenvalue weighted by atomic mass is 16.7. The summed E-state index contributed by atoms with van der Waals surface area (Å²) in [4.78, 5) is 13.1.